The Balaban J connectivity index is 1.52. The summed E-state index contributed by atoms with van der Waals surface area (Å²) in [4.78, 5) is 23.4. The van der Waals surface area contributed by atoms with E-state index in [0.29, 0.717) is 11.7 Å². The molecule has 0 radical (unpaired) electrons. The van der Waals surface area contributed by atoms with E-state index in [0.717, 1.165) is 59.0 Å². The normalized spacial score (nSPS) is 16.9. The SMILES string of the molecule is Cc1cc(-c2ccnc(Nc3ncccc3F)c2)nc(=NC2CCNCC2)c2c(C3CC3)cncc12. The summed E-state index contributed by atoms with van der Waals surface area (Å²) in [7, 11) is 0. The molecule has 8 heteroatoms. The summed E-state index contributed by atoms with van der Waals surface area (Å²) in [5, 5.41) is 8.62. The number of hydrogen-bond donors (Lipinski definition) is 2. The van der Waals surface area contributed by atoms with Gasteiger partial charge in [-0.05, 0) is 93.1 Å². The van der Waals surface area contributed by atoms with Gasteiger partial charge in [0.25, 0.3) is 0 Å². The smallest absolute Gasteiger partial charge is 0.167 e. The summed E-state index contributed by atoms with van der Waals surface area (Å²) in [6, 6.07) is 9.04. The summed E-state index contributed by atoms with van der Waals surface area (Å²) < 4.78 is 14.2. The number of pyridine rings is 3. The Bertz CT molecular complexity index is 1490. The van der Waals surface area contributed by atoms with E-state index < -0.39 is 5.82 Å². The molecule has 4 aromatic heterocycles. The molecule has 1 saturated carbocycles. The highest BCUT2D eigenvalue weighted by atomic mass is 19.1. The number of hydrogen-bond acceptors (Lipinski definition) is 7. The van der Waals surface area contributed by atoms with Gasteiger partial charge in [0, 0.05) is 41.1 Å². The van der Waals surface area contributed by atoms with E-state index in [1.165, 1.54) is 24.5 Å². The van der Waals surface area contributed by atoms with Crippen molar-refractivity contribution in [2.45, 2.75) is 44.6 Å². The number of halogens is 1. The standard InChI is InChI=1S/C28H28FN7/c1-17-13-24(19-6-12-32-25(14-19)36-27-23(29)3-2-9-33-27)35-28(34-20-7-10-30-11-8-20)26-21(17)15-31-16-22(26)18-4-5-18/h2-3,6,9,12-16,18,20,30H,4-5,7-8,10-11H2,1H3,(H,32,33,36). The Morgan fingerprint density at radius 2 is 1.89 bits per heavy atom. The summed E-state index contributed by atoms with van der Waals surface area (Å²) in [6.45, 7) is 4.04. The predicted octanol–water partition coefficient (Wildman–Crippen LogP) is 4.81. The van der Waals surface area contributed by atoms with Crippen molar-refractivity contribution in [2.75, 3.05) is 18.4 Å². The lowest BCUT2D eigenvalue weighted by Gasteiger charge is -2.18. The highest BCUT2D eigenvalue weighted by Gasteiger charge is 2.27. The zero-order valence-electron chi connectivity index (χ0n) is 20.2. The maximum Gasteiger partial charge on any atom is 0.167 e. The van der Waals surface area contributed by atoms with E-state index in [9.17, 15) is 4.39 Å². The minimum atomic E-state index is -0.431. The van der Waals surface area contributed by atoms with Crippen LogP contribution < -0.4 is 16.1 Å². The first kappa shape index (κ1) is 22.7. The molecule has 4 aromatic rings. The third kappa shape index (κ3) is 4.68. The van der Waals surface area contributed by atoms with Crippen LogP contribution in [0.15, 0.2) is 60.1 Å². The first-order chi connectivity index (χ1) is 17.7. The molecule has 36 heavy (non-hydrogen) atoms. The first-order valence-corrected chi connectivity index (χ1v) is 12.5. The number of nitrogens with one attached hydrogen (secondary N) is 2. The topological polar surface area (TPSA) is 88.0 Å². The van der Waals surface area contributed by atoms with Crippen LogP contribution in [0, 0.1) is 12.7 Å². The van der Waals surface area contributed by atoms with Crippen molar-refractivity contribution in [1.82, 2.24) is 25.3 Å². The summed E-state index contributed by atoms with van der Waals surface area (Å²) in [5.74, 6) is 0.731. The van der Waals surface area contributed by atoms with Crippen LogP contribution in [0.25, 0.3) is 22.0 Å². The number of piperidine rings is 1. The molecule has 0 bridgehead atoms. The largest absolute Gasteiger partial charge is 0.322 e. The average molecular weight is 482 g/mol. The van der Waals surface area contributed by atoms with Gasteiger partial charge >= 0.3 is 0 Å². The number of rotatable bonds is 5. The second-order valence-corrected chi connectivity index (χ2v) is 9.57. The van der Waals surface area contributed by atoms with E-state index in [2.05, 4.69) is 38.6 Å². The number of anilines is 2. The van der Waals surface area contributed by atoms with Gasteiger partial charge in [-0.1, -0.05) is 0 Å². The van der Waals surface area contributed by atoms with E-state index in [4.69, 9.17) is 9.98 Å². The molecule has 7 nitrogen and oxygen atoms in total. The average Bonchev–Trinajstić information content (AvgIpc) is 3.76. The maximum atomic E-state index is 14.2. The van der Waals surface area contributed by atoms with Crippen molar-refractivity contribution in [3.8, 4) is 11.3 Å². The van der Waals surface area contributed by atoms with Crippen molar-refractivity contribution in [2.24, 2.45) is 4.99 Å². The minimum absolute atomic E-state index is 0.136. The minimum Gasteiger partial charge on any atom is -0.322 e. The molecule has 0 atom stereocenters. The van der Waals surface area contributed by atoms with Crippen molar-refractivity contribution < 1.29 is 4.39 Å². The van der Waals surface area contributed by atoms with E-state index in [-0.39, 0.29) is 11.9 Å². The van der Waals surface area contributed by atoms with Gasteiger partial charge in [-0.15, -0.1) is 0 Å². The quantitative estimate of drug-likeness (QED) is 0.425. The number of fused-ring (bicyclic) bond motifs is 1. The molecule has 0 amide bonds. The third-order valence-corrected chi connectivity index (χ3v) is 6.89. The van der Waals surface area contributed by atoms with Crippen molar-refractivity contribution in [3.05, 3.63) is 77.6 Å². The molecule has 2 fully saturated rings. The lowest BCUT2D eigenvalue weighted by Crippen LogP contribution is -2.31. The van der Waals surface area contributed by atoms with Crippen LogP contribution in [0.4, 0.5) is 16.0 Å². The molecule has 5 heterocycles. The summed E-state index contributed by atoms with van der Waals surface area (Å²) in [5.41, 5.74) is 4.79. The summed E-state index contributed by atoms with van der Waals surface area (Å²) >= 11 is 0. The molecule has 1 aliphatic carbocycles. The molecule has 0 spiro atoms. The van der Waals surface area contributed by atoms with Crippen LogP contribution in [0.1, 0.15) is 42.7 Å². The molecular weight excluding hydrogens is 453 g/mol. The molecule has 0 aromatic carbocycles. The Kier molecular flexibility index (Phi) is 6.11. The van der Waals surface area contributed by atoms with Crippen LogP contribution in [0.2, 0.25) is 0 Å². The second kappa shape index (κ2) is 9.70. The lowest BCUT2D eigenvalue weighted by atomic mass is 10.0. The monoisotopic (exact) mass is 481 g/mol. The van der Waals surface area contributed by atoms with Gasteiger partial charge < -0.3 is 10.6 Å². The lowest BCUT2D eigenvalue weighted by molar-refractivity contribution is 0.452. The fourth-order valence-corrected chi connectivity index (χ4v) is 4.82. The van der Waals surface area contributed by atoms with Gasteiger partial charge in [0.2, 0.25) is 0 Å². The maximum absolute atomic E-state index is 14.2. The Morgan fingerprint density at radius 1 is 1.03 bits per heavy atom. The van der Waals surface area contributed by atoms with Crippen LogP contribution in [-0.4, -0.2) is 39.1 Å². The van der Waals surface area contributed by atoms with Crippen molar-refractivity contribution in [3.63, 3.8) is 0 Å². The highest BCUT2D eigenvalue weighted by molar-refractivity contribution is 5.88. The van der Waals surface area contributed by atoms with E-state index in [1.54, 1.807) is 18.5 Å². The van der Waals surface area contributed by atoms with E-state index in [1.807, 2.05) is 24.5 Å². The Morgan fingerprint density at radius 3 is 2.69 bits per heavy atom. The van der Waals surface area contributed by atoms with Crippen molar-refractivity contribution in [1.29, 1.82) is 0 Å². The molecule has 6 rings (SSSR count). The van der Waals surface area contributed by atoms with Gasteiger partial charge in [-0.3, -0.25) is 9.98 Å². The fraction of sp³-hybridized carbons (Fsp3) is 0.321. The predicted molar refractivity (Wildman–Crippen MR) is 138 cm³/mol. The zero-order valence-corrected chi connectivity index (χ0v) is 20.2. The Labute approximate surface area is 209 Å². The van der Waals surface area contributed by atoms with Crippen LogP contribution in [0.3, 0.4) is 0 Å². The van der Waals surface area contributed by atoms with Gasteiger partial charge in [0.05, 0.1) is 11.7 Å². The van der Waals surface area contributed by atoms with Crippen LogP contribution >= 0.6 is 0 Å². The molecule has 2 N–H and O–H groups in total. The number of nitrogens with zero attached hydrogens (tertiary/aromatic N) is 5. The molecular formula is C28H28FN7. The van der Waals surface area contributed by atoms with Crippen LogP contribution in [0.5, 0.6) is 0 Å². The zero-order chi connectivity index (χ0) is 24.5. The summed E-state index contributed by atoms with van der Waals surface area (Å²) in [6.07, 6.45) is 11.5. The van der Waals surface area contributed by atoms with E-state index >= 15 is 0 Å². The number of aromatic nitrogens is 4. The third-order valence-electron chi connectivity index (χ3n) is 6.89. The van der Waals surface area contributed by atoms with Gasteiger partial charge in [-0.2, -0.15) is 0 Å². The van der Waals surface area contributed by atoms with Gasteiger partial charge in [0.15, 0.2) is 17.1 Å². The molecule has 182 valence electrons. The molecule has 1 aliphatic heterocycles. The first-order valence-electron chi connectivity index (χ1n) is 12.5. The van der Waals surface area contributed by atoms with Crippen molar-refractivity contribution >= 4 is 22.4 Å². The molecule has 0 unspecified atom stereocenters. The number of aryl methyl sites for hydroxylation is 1. The highest BCUT2D eigenvalue weighted by Crippen LogP contribution is 2.42. The Hall–Kier alpha value is -3.78. The van der Waals surface area contributed by atoms with Gasteiger partial charge in [-0.25, -0.2) is 19.3 Å². The fourth-order valence-electron chi connectivity index (χ4n) is 4.82. The molecule has 2 aliphatic rings. The molecule has 1 saturated heterocycles. The van der Waals surface area contributed by atoms with Gasteiger partial charge in [0.1, 0.15) is 5.82 Å². The second-order valence-electron chi connectivity index (χ2n) is 9.57. The van der Waals surface area contributed by atoms with Crippen LogP contribution in [-0.2, 0) is 0 Å².